The van der Waals surface area contributed by atoms with Gasteiger partial charge in [-0.2, -0.15) is 5.26 Å². The lowest BCUT2D eigenvalue weighted by molar-refractivity contribution is 0.275. The van der Waals surface area contributed by atoms with Crippen LogP contribution in [0, 0.1) is 23.1 Å². The van der Waals surface area contributed by atoms with E-state index in [0.29, 0.717) is 0 Å². The van der Waals surface area contributed by atoms with E-state index in [9.17, 15) is 4.39 Å². The molecule has 0 saturated heterocycles. The molecule has 0 amide bonds. The molecule has 0 radical (unpaired) electrons. The Bertz CT molecular complexity index is 319. The predicted octanol–water partition coefficient (Wildman–Crippen LogP) is 2.36. The van der Waals surface area contributed by atoms with Gasteiger partial charge in [0.05, 0.1) is 12.0 Å². The molecule has 0 aliphatic rings. The van der Waals surface area contributed by atoms with E-state index in [0.717, 1.165) is 0 Å². The molecule has 68 valence electrons. The summed E-state index contributed by atoms with van der Waals surface area (Å²) in [4.78, 5) is 0. The zero-order chi connectivity index (χ0) is 9.68. The predicted molar refractivity (Wildman–Crippen MR) is 46.7 cm³/mol. The second-order valence-electron chi connectivity index (χ2n) is 2.77. The van der Waals surface area contributed by atoms with E-state index in [1.165, 1.54) is 6.07 Å². The molecule has 0 saturated carbocycles. The first-order valence-electron chi connectivity index (χ1n) is 4.01. The molecule has 0 aliphatic carbocycles. The van der Waals surface area contributed by atoms with E-state index in [1.54, 1.807) is 25.1 Å². The van der Waals surface area contributed by atoms with Crippen molar-refractivity contribution in [2.75, 3.05) is 6.61 Å². The molecule has 1 atom stereocenters. The van der Waals surface area contributed by atoms with Crippen LogP contribution in [0.15, 0.2) is 24.3 Å². The second kappa shape index (κ2) is 4.46. The van der Waals surface area contributed by atoms with Gasteiger partial charge in [0.15, 0.2) is 11.6 Å². The zero-order valence-corrected chi connectivity index (χ0v) is 7.33. The van der Waals surface area contributed by atoms with E-state index in [-0.39, 0.29) is 18.3 Å². The average Bonchev–Trinajstić information content (AvgIpc) is 2.16. The summed E-state index contributed by atoms with van der Waals surface area (Å²) in [6.45, 7) is 1.94. The Morgan fingerprint density at radius 2 is 2.23 bits per heavy atom. The van der Waals surface area contributed by atoms with Crippen LogP contribution in [0.5, 0.6) is 5.75 Å². The first kappa shape index (κ1) is 9.53. The summed E-state index contributed by atoms with van der Waals surface area (Å²) in [5, 5.41) is 8.46. The van der Waals surface area contributed by atoms with Crippen molar-refractivity contribution in [3.63, 3.8) is 0 Å². The second-order valence-corrected chi connectivity index (χ2v) is 2.77. The van der Waals surface area contributed by atoms with Crippen molar-refractivity contribution < 1.29 is 9.13 Å². The highest BCUT2D eigenvalue weighted by molar-refractivity contribution is 5.23. The van der Waals surface area contributed by atoms with E-state index in [1.807, 2.05) is 6.07 Å². The minimum absolute atomic E-state index is 0.199. The van der Waals surface area contributed by atoms with Gasteiger partial charge in [0, 0.05) is 0 Å². The lowest BCUT2D eigenvalue weighted by atomic mass is 10.2. The van der Waals surface area contributed by atoms with Gasteiger partial charge in [-0.25, -0.2) is 4.39 Å². The number of ether oxygens (including phenoxy) is 1. The van der Waals surface area contributed by atoms with E-state index in [4.69, 9.17) is 10.00 Å². The fraction of sp³-hybridized carbons (Fsp3) is 0.300. The molecule has 1 unspecified atom stereocenters. The Morgan fingerprint density at radius 1 is 1.54 bits per heavy atom. The molecule has 0 fully saturated rings. The van der Waals surface area contributed by atoms with Gasteiger partial charge < -0.3 is 4.74 Å². The maximum absolute atomic E-state index is 12.9. The van der Waals surface area contributed by atoms with E-state index in [2.05, 4.69) is 0 Å². The molecule has 3 heteroatoms. The molecule has 1 aromatic carbocycles. The van der Waals surface area contributed by atoms with Crippen LogP contribution in [-0.2, 0) is 0 Å². The number of nitriles is 1. The van der Waals surface area contributed by atoms with Crippen LogP contribution in [0.1, 0.15) is 6.92 Å². The maximum atomic E-state index is 12.9. The third kappa shape index (κ3) is 2.75. The molecule has 13 heavy (non-hydrogen) atoms. The van der Waals surface area contributed by atoms with Crippen LogP contribution in [0.4, 0.5) is 4.39 Å². The smallest absolute Gasteiger partial charge is 0.165 e. The lowest BCUT2D eigenvalue weighted by Gasteiger charge is -2.07. The minimum Gasteiger partial charge on any atom is -0.489 e. The highest BCUT2D eigenvalue weighted by atomic mass is 19.1. The van der Waals surface area contributed by atoms with Crippen molar-refractivity contribution in [2.24, 2.45) is 5.92 Å². The molecule has 0 aliphatic heterocycles. The number of hydrogen-bond donors (Lipinski definition) is 0. The highest BCUT2D eigenvalue weighted by Gasteiger charge is 2.04. The molecular formula is C10H10FNO. The van der Waals surface area contributed by atoms with Crippen LogP contribution in [0.2, 0.25) is 0 Å². The average molecular weight is 179 g/mol. The van der Waals surface area contributed by atoms with Gasteiger partial charge in [0.1, 0.15) is 6.61 Å². The van der Waals surface area contributed by atoms with E-state index >= 15 is 0 Å². The minimum atomic E-state index is -0.396. The summed E-state index contributed by atoms with van der Waals surface area (Å²) in [6.07, 6.45) is 0. The molecule has 1 rings (SSSR count). The van der Waals surface area contributed by atoms with Gasteiger partial charge in [0.2, 0.25) is 0 Å². The Hall–Kier alpha value is -1.56. The summed E-state index contributed by atoms with van der Waals surface area (Å²) in [5.41, 5.74) is 0. The van der Waals surface area contributed by atoms with Gasteiger partial charge in [0.25, 0.3) is 0 Å². The van der Waals surface area contributed by atoms with E-state index < -0.39 is 5.82 Å². The summed E-state index contributed by atoms with van der Waals surface area (Å²) in [5.74, 6) is -0.420. The number of rotatable bonds is 3. The SMILES string of the molecule is CC(C#N)COc1ccccc1F. The molecule has 1 aromatic rings. The zero-order valence-electron chi connectivity index (χ0n) is 7.33. The molecule has 0 bridgehead atoms. The standard InChI is InChI=1S/C10H10FNO/c1-8(6-12)7-13-10-5-3-2-4-9(10)11/h2-5,8H,7H2,1H3. The number of halogens is 1. The van der Waals surface area contributed by atoms with Crippen molar-refractivity contribution in [3.8, 4) is 11.8 Å². The number of nitrogens with zero attached hydrogens (tertiary/aromatic N) is 1. The third-order valence-corrected chi connectivity index (χ3v) is 1.55. The van der Waals surface area contributed by atoms with Crippen molar-refractivity contribution in [1.82, 2.24) is 0 Å². The molecule has 0 spiro atoms. The Labute approximate surface area is 76.6 Å². The van der Waals surface area contributed by atoms with Crippen LogP contribution < -0.4 is 4.74 Å². The normalized spacial score (nSPS) is 11.8. The fourth-order valence-electron chi connectivity index (χ4n) is 0.814. The van der Waals surface area contributed by atoms with Gasteiger partial charge in [-0.15, -0.1) is 0 Å². The Kier molecular flexibility index (Phi) is 3.27. The molecule has 0 N–H and O–H groups in total. The van der Waals surface area contributed by atoms with Gasteiger partial charge >= 0.3 is 0 Å². The topological polar surface area (TPSA) is 33.0 Å². The lowest BCUT2D eigenvalue weighted by Crippen LogP contribution is -2.06. The Balaban J connectivity index is 2.56. The Morgan fingerprint density at radius 3 is 2.85 bits per heavy atom. The number of para-hydroxylation sites is 1. The van der Waals surface area contributed by atoms with Gasteiger partial charge in [-0.05, 0) is 19.1 Å². The van der Waals surface area contributed by atoms with Crippen LogP contribution in [-0.4, -0.2) is 6.61 Å². The van der Waals surface area contributed by atoms with Crippen LogP contribution in [0.3, 0.4) is 0 Å². The van der Waals surface area contributed by atoms with Crippen LogP contribution in [0.25, 0.3) is 0 Å². The maximum Gasteiger partial charge on any atom is 0.165 e. The quantitative estimate of drug-likeness (QED) is 0.713. The number of hydrogen-bond acceptors (Lipinski definition) is 2. The van der Waals surface area contributed by atoms with Crippen LogP contribution >= 0.6 is 0 Å². The number of benzene rings is 1. The van der Waals surface area contributed by atoms with Crippen molar-refractivity contribution in [1.29, 1.82) is 5.26 Å². The first-order chi connectivity index (χ1) is 6.24. The van der Waals surface area contributed by atoms with Crippen molar-refractivity contribution in [3.05, 3.63) is 30.1 Å². The largest absolute Gasteiger partial charge is 0.489 e. The molecule has 2 nitrogen and oxygen atoms in total. The third-order valence-electron chi connectivity index (χ3n) is 1.55. The van der Waals surface area contributed by atoms with Crippen molar-refractivity contribution >= 4 is 0 Å². The summed E-state index contributed by atoms with van der Waals surface area (Å²) >= 11 is 0. The molecule has 0 aromatic heterocycles. The summed E-state index contributed by atoms with van der Waals surface area (Å²) < 4.78 is 18.0. The monoisotopic (exact) mass is 179 g/mol. The summed E-state index contributed by atoms with van der Waals surface area (Å²) in [6, 6.07) is 8.16. The summed E-state index contributed by atoms with van der Waals surface area (Å²) in [7, 11) is 0. The first-order valence-corrected chi connectivity index (χ1v) is 4.01. The fourth-order valence-corrected chi connectivity index (χ4v) is 0.814. The highest BCUT2D eigenvalue weighted by Crippen LogP contribution is 2.15. The van der Waals surface area contributed by atoms with Gasteiger partial charge in [-0.1, -0.05) is 12.1 Å². The van der Waals surface area contributed by atoms with Crippen molar-refractivity contribution in [2.45, 2.75) is 6.92 Å². The molecular weight excluding hydrogens is 169 g/mol. The van der Waals surface area contributed by atoms with Gasteiger partial charge in [-0.3, -0.25) is 0 Å². The molecule has 0 heterocycles.